The lowest BCUT2D eigenvalue weighted by Crippen LogP contribution is -2.41. The van der Waals surface area contributed by atoms with E-state index in [-0.39, 0.29) is 39.6 Å². The summed E-state index contributed by atoms with van der Waals surface area (Å²) in [6.07, 6.45) is -11.2. The molecule has 0 amide bonds. The topological polar surface area (TPSA) is 77.4 Å². The monoisotopic (exact) mass is 466 g/mol. The quantitative estimate of drug-likeness (QED) is 0.253. The molecule has 2 N–H and O–H groups in total. The third-order valence-corrected chi connectivity index (χ3v) is 3.53. The van der Waals surface area contributed by atoms with E-state index in [0.29, 0.717) is 0 Å². The molecule has 2 unspecified atom stereocenters. The molecule has 30 heavy (non-hydrogen) atoms. The van der Waals surface area contributed by atoms with Gasteiger partial charge in [-0.25, -0.2) is 0 Å². The molecule has 0 spiro atoms. The summed E-state index contributed by atoms with van der Waals surface area (Å²) < 4.78 is 117. The van der Waals surface area contributed by atoms with Gasteiger partial charge in [0.2, 0.25) is 0 Å². The summed E-state index contributed by atoms with van der Waals surface area (Å²) in [7, 11) is 0. The van der Waals surface area contributed by atoms with E-state index in [4.69, 9.17) is 24.4 Å². The molecule has 0 radical (unpaired) electrons. The van der Waals surface area contributed by atoms with Gasteiger partial charge in [-0.15, -0.1) is 0 Å². The second-order valence-corrected chi connectivity index (χ2v) is 6.40. The number of alkyl halides is 8. The van der Waals surface area contributed by atoms with Crippen molar-refractivity contribution in [2.24, 2.45) is 11.8 Å². The van der Waals surface area contributed by atoms with Crippen LogP contribution in [0.2, 0.25) is 0 Å². The van der Waals surface area contributed by atoms with E-state index in [0.717, 1.165) is 0 Å². The number of ether oxygens (including phenoxy) is 4. The first-order valence-corrected chi connectivity index (χ1v) is 8.86. The summed E-state index contributed by atoms with van der Waals surface area (Å²) in [5.74, 6) is -6.38. The van der Waals surface area contributed by atoms with Crippen LogP contribution in [0.15, 0.2) is 0 Å². The van der Waals surface area contributed by atoms with Crippen LogP contribution in [0.25, 0.3) is 0 Å². The lowest BCUT2D eigenvalue weighted by molar-refractivity contribution is -0.297. The van der Waals surface area contributed by atoms with E-state index in [1.54, 1.807) is 0 Å². The van der Waals surface area contributed by atoms with Crippen LogP contribution in [0.4, 0.5) is 35.1 Å². The Labute approximate surface area is 168 Å². The Balaban J connectivity index is 3.85. The number of aliphatic hydroxyl groups is 2. The fourth-order valence-corrected chi connectivity index (χ4v) is 1.80. The molecule has 0 aromatic rings. The molecule has 2 atom stereocenters. The second kappa shape index (κ2) is 14.3. The molecule has 0 aliphatic rings. The second-order valence-electron chi connectivity index (χ2n) is 6.40. The Bertz CT molecular complexity index is 433. The van der Waals surface area contributed by atoms with E-state index < -0.39 is 63.0 Å². The van der Waals surface area contributed by atoms with Crippen LogP contribution >= 0.6 is 0 Å². The summed E-state index contributed by atoms with van der Waals surface area (Å²) in [6, 6.07) is 0. The van der Waals surface area contributed by atoms with E-state index in [2.05, 4.69) is 4.74 Å². The van der Waals surface area contributed by atoms with Crippen LogP contribution in [-0.2, 0) is 18.9 Å². The Morgan fingerprint density at radius 2 is 1.00 bits per heavy atom. The predicted octanol–water partition coefficient (Wildman–Crippen LogP) is 2.42. The van der Waals surface area contributed by atoms with E-state index in [1.807, 2.05) is 0 Å². The number of rotatable bonds is 17. The maximum absolute atomic E-state index is 12.7. The lowest BCUT2D eigenvalue weighted by Gasteiger charge is -2.21. The van der Waals surface area contributed by atoms with Gasteiger partial charge in [-0.1, -0.05) is 0 Å². The summed E-state index contributed by atoms with van der Waals surface area (Å²) in [5.41, 5.74) is 0. The highest BCUT2D eigenvalue weighted by Crippen LogP contribution is 2.35. The van der Waals surface area contributed by atoms with Crippen molar-refractivity contribution >= 4 is 0 Å². The zero-order valence-corrected chi connectivity index (χ0v) is 16.0. The molecule has 0 aromatic carbocycles. The normalized spacial score (nSPS) is 15.4. The van der Waals surface area contributed by atoms with Gasteiger partial charge in [-0.3, -0.25) is 0 Å². The number of halogens is 8. The van der Waals surface area contributed by atoms with Crippen molar-refractivity contribution in [3.05, 3.63) is 0 Å². The van der Waals surface area contributed by atoms with E-state index >= 15 is 0 Å². The van der Waals surface area contributed by atoms with Crippen LogP contribution in [-0.4, -0.2) is 94.6 Å². The SMILES string of the molecule is OCC(COCCOCC(CO)COCC(F)(F)C(F)(F)F)COCCC(F)(F)F. The largest absolute Gasteiger partial charge is 0.455 e. The molecule has 0 bridgehead atoms. The first-order valence-electron chi connectivity index (χ1n) is 8.86. The van der Waals surface area contributed by atoms with Gasteiger partial charge < -0.3 is 29.2 Å². The van der Waals surface area contributed by atoms with Crippen LogP contribution in [0.1, 0.15) is 6.42 Å². The van der Waals surface area contributed by atoms with Gasteiger partial charge in [-0.2, -0.15) is 35.1 Å². The number of aliphatic hydroxyl groups excluding tert-OH is 2. The molecule has 0 saturated carbocycles. The predicted molar refractivity (Wildman–Crippen MR) is 86.1 cm³/mol. The van der Waals surface area contributed by atoms with Gasteiger partial charge in [0.15, 0.2) is 0 Å². The van der Waals surface area contributed by atoms with Gasteiger partial charge in [0.25, 0.3) is 0 Å². The fourth-order valence-electron chi connectivity index (χ4n) is 1.80. The van der Waals surface area contributed by atoms with Crippen molar-refractivity contribution in [1.82, 2.24) is 0 Å². The van der Waals surface area contributed by atoms with Crippen molar-refractivity contribution in [1.29, 1.82) is 0 Å². The third kappa shape index (κ3) is 14.2. The molecule has 0 heterocycles. The fraction of sp³-hybridized carbons (Fsp3) is 1.00. The van der Waals surface area contributed by atoms with Gasteiger partial charge in [0.1, 0.15) is 6.61 Å². The van der Waals surface area contributed by atoms with Gasteiger partial charge in [0.05, 0.1) is 65.9 Å². The first kappa shape index (κ1) is 29.2. The van der Waals surface area contributed by atoms with Crippen molar-refractivity contribution < 1.29 is 64.3 Å². The van der Waals surface area contributed by atoms with Crippen LogP contribution in [0, 0.1) is 11.8 Å². The molecule has 6 nitrogen and oxygen atoms in total. The maximum atomic E-state index is 12.7. The Hall–Kier alpha value is -0.800. The molecular weight excluding hydrogens is 440 g/mol. The molecule has 0 aromatic heterocycles. The van der Waals surface area contributed by atoms with Gasteiger partial charge in [-0.05, 0) is 0 Å². The minimum Gasteiger partial charge on any atom is -0.396 e. The highest BCUT2D eigenvalue weighted by Gasteiger charge is 2.57. The molecule has 0 saturated heterocycles. The summed E-state index contributed by atoms with van der Waals surface area (Å²) in [4.78, 5) is 0. The summed E-state index contributed by atoms with van der Waals surface area (Å²) >= 11 is 0. The van der Waals surface area contributed by atoms with Crippen LogP contribution in [0.5, 0.6) is 0 Å². The molecule has 0 rings (SSSR count). The summed E-state index contributed by atoms with van der Waals surface area (Å²) in [6.45, 7) is -4.31. The van der Waals surface area contributed by atoms with E-state index in [9.17, 15) is 35.1 Å². The van der Waals surface area contributed by atoms with Crippen molar-refractivity contribution in [3.63, 3.8) is 0 Å². The average molecular weight is 466 g/mol. The standard InChI is InChI=1S/C16H26F8O6/c17-14(18,16(22,23)24)11-30-10-13(6-26)9-29-4-3-28-8-12(5-25)7-27-2-1-15(19,20)21/h12-13,25-26H,1-11H2. The number of hydrogen-bond donors (Lipinski definition) is 2. The Kier molecular flexibility index (Phi) is 13.9. The smallest absolute Gasteiger partial charge is 0.396 e. The van der Waals surface area contributed by atoms with Crippen LogP contribution in [0.3, 0.4) is 0 Å². The molecule has 0 fully saturated rings. The van der Waals surface area contributed by atoms with E-state index in [1.165, 1.54) is 0 Å². The molecule has 182 valence electrons. The molecule has 0 aliphatic carbocycles. The minimum atomic E-state index is -5.73. The highest BCUT2D eigenvalue weighted by atomic mass is 19.4. The maximum Gasteiger partial charge on any atom is 0.455 e. The Morgan fingerprint density at radius 1 is 0.600 bits per heavy atom. The Morgan fingerprint density at radius 3 is 1.37 bits per heavy atom. The summed E-state index contributed by atoms with van der Waals surface area (Å²) in [5, 5.41) is 18.2. The minimum absolute atomic E-state index is 0.00417. The molecule has 14 heteroatoms. The zero-order chi connectivity index (χ0) is 23.3. The van der Waals surface area contributed by atoms with Crippen molar-refractivity contribution in [2.75, 3.05) is 66.1 Å². The van der Waals surface area contributed by atoms with Crippen molar-refractivity contribution in [2.45, 2.75) is 24.7 Å². The van der Waals surface area contributed by atoms with Crippen LogP contribution < -0.4 is 0 Å². The third-order valence-electron chi connectivity index (χ3n) is 3.53. The first-order chi connectivity index (χ1) is 13.8. The van der Waals surface area contributed by atoms with Crippen molar-refractivity contribution in [3.8, 4) is 0 Å². The average Bonchev–Trinajstić information content (AvgIpc) is 2.62. The van der Waals surface area contributed by atoms with Gasteiger partial charge in [0, 0.05) is 11.8 Å². The molecule has 0 aliphatic heterocycles. The lowest BCUT2D eigenvalue weighted by atomic mass is 10.2. The molecular formula is C16H26F8O6. The highest BCUT2D eigenvalue weighted by molar-refractivity contribution is 4.75. The number of hydrogen-bond acceptors (Lipinski definition) is 6. The van der Waals surface area contributed by atoms with Gasteiger partial charge >= 0.3 is 18.3 Å². The zero-order valence-electron chi connectivity index (χ0n) is 16.0.